The van der Waals surface area contributed by atoms with Crippen molar-refractivity contribution in [3.8, 4) is 0 Å². The largest absolute Gasteiger partial charge is 0.398 e. The van der Waals surface area contributed by atoms with Crippen LogP contribution in [-0.2, 0) is 6.54 Å². The third-order valence-corrected chi connectivity index (χ3v) is 1.99. The molecule has 1 heterocycles. The van der Waals surface area contributed by atoms with Crippen LogP contribution in [0.5, 0.6) is 0 Å². The molecule has 78 valence electrons. The third-order valence-electron chi connectivity index (χ3n) is 1.99. The molecule has 0 atom stereocenters. The molecule has 0 saturated heterocycles. The Bertz CT molecular complexity index is 368. The zero-order chi connectivity index (χ0) is 10.7. The molecule has 1 rings (SSSR count). The standard InChI is InChI=1S/C10H17N3O/c1-6(2)12-5-8-9(11)4-7(3)13-10(8)14/h4,6,12H,5H2,1-3H3,(H3,11,13,14). The van der Waals surface area contributed by atoms with E-state index in [1.807, 2.05) is 20.8 Å². The zero-order valence-electron chi connectivity index (χ0n) is 8.85. The smallest absolute Gasteiger partial charge is 0.254 e. The van der Waals surface area contributed by atoms with Gasteiger partial charge in [0.05, 0.1) is 5.56 Å². The van der Waals surface area contributed by atoms with Gasteiger partial charge in [0.25, 0.3) is 5.56 Å². The summed E-state index contributed by atoms with van der Waals surface area (Å²) in [5.74, 6) is 0. The molecule has 14 heavy (non-hydrogen) atoms. The summed E-state index contributed by atoms with van der Waals surface area (Å²) in [6.07, 6.45) is 0. The lowest BCUT2D eigenvalue weighted by molar-refractivity contribution is 0.586. The van der Waals surface area contributed by atoms with Crippen LogP contribution in [0.1, 0.15) is 25.1 Å². The highest BCUT2D eigenvalue weighted by Crippen LogP contribution is 2.06. The monoisotopic (exact) mass is 195 g/mol. The van der Waals surface area contributed by atoms with E-state index in [-0.39, 0.29) is 5.56 Å². The molecule has 0 aliphatic rings. The molecule has 0 spiro atoms. The van der Waals surface area contributed by atoms with Crippen LogP contribution in [-0.4, -0.2) is 11.0 Å². The van der Waals surface area contributed by atoms with Gasteiger partial charge in [0.1, 0.15) is 0 Å². The lowest BCUT2D eigenvalue weighted by Crippen LogP contribution is -2.27. The fourth-order valence-electron chi connectivity index (χ4n) is 1.23. The highest BCUT2D eigenvalue weighted by molar-refractivity contribution is 5.46. The summed E-state index contributed by atoms with van der Waals surface area (Å²) in [7, 11) is 0. The van der Waals surface area contributed by atoms with E-state index in [1.54, 1.807) is 6.07 Å². The number of aromatic nitrogens is 1. The van der Waals surface area contributed by atoms with Crippen LogP contribution in [0.3, 0.4) is 0 Å². The number of rotatable bonds is 3. The quantitative estimate of drug-likeness (QED) is 0.667. The van der Waals surface area contributed by atoms with Gasteiger partial charge < -0.3 is 16.0 Å². The first-order chi connectivity index (χ1) is 6.50. The van der Waals surface area contributed by atoms with Crippen molar-refractivity contribution in [3.63, 3.8) is 0 Å². The molecule has 0 aliphatic heterocycles. The van der Waals surface area contributed by atoms with E-state index >= 15 is 0 Å². The van der Waals surface area contributed by atoms with Gasteiger partial charge in [-0.15, -0.1) is 0 Å². The maximum absolute atomic E-state index is 11.5. The molecule has 0 fully saturated rings. The Morgan fingerprint density at radius 3 is 2.71 bits per heavy atom. The van der Waals surface area contributed by atoms with E-state index in [4.69, 9.17) is 5.73 Å². The summed E-state index contributed by atoms with van der Waals surface area (Å²) < 4.78 is 0. The normalized spacial score (nSPS) is 10.9. The Kier molecular flexibility index (Phi) is 3.30. The molecule has 0 bridgehead atoms. The molecule has 0 aliphatic carbocycles. The summed E-state index contributed by atoms with van der Waals surface area (Å²) in [4.78, 5) is 14.2. The van der Waals surface area contributed by atoms with Crippen molar-refractivity contribution in [2.45, 2.75) is 33.4 Å². The molecule has 0 radical (unpaired) electrons. The lowest BCUT2D eigenvalue weighted by Gasteiger charge is -2.09. The SMILES string of the molecule is Cc1cc(N)c(CNC(C)C)c(=O)[nH]1. The van der Waals surface area contributed by atoms with Crippen LogP contribution < -0.4 is 16.6 Å². The first-order valence-corrected chi connectivity index (χ1v) is 4.72. The van der Waals surface area contributed by atoms with E-state index < -0.39 is 0 Å². The molecule has 0 amide bonds. The molecule has 1 aromatic rings. The maximum Gasteiger partial charge on any atom is 0.254 e. The highest BCUT2D eigenvalue weighted by atomic mass is 16.1. The second kappa shape index (κ2) is 4.28. The average molecular weight is 195 g/mol. The number of nitrogens with one attached hydrogen (secondary N) is 2. The Labute approximate surface area is 83.5 Å². The van der Waals surface area contributed by atoms with Crippen LogP contribution in [0.15, 0.2) is 10.9 Å². The van der Waals surface area contributed by atoms with Crippen molar-refractivity contribution in [1.82, 2.24) is 10.3 Å². The van der Waals surface area contributed by atoms with Crippen LogP contribution in [0, 0.1) is 6.92 Å². The van der Waals surface area contributed by atoms with E-state index in [1.165, 1.54) is 0 Å². The number of hydrogen-bond acceptors (Lipinski definition) is 3. The maximum atomic E-state index is 11.5. The highest BCUT2D eigenvalue weighted by Gasteiger charge is 2.05. The molecular formula is C10H17N3O. The van der Waals surface area contributed by atoms with Crippen LogP contribution in [0.2, 0.25) is 0 Å². The minimum Gasteiger partial charge on any atom is -0.398 e. The van der Waals surface area contributed by atoms with Crippen molar-refractivity contribution in [2.75, 3.05) is 5.73 Å². The minimum absolute atomic E-state index is 0.101. The Morgan fingerprint density at radius 1 is 1.57 bits per heavy atom. The van der Waals surface area contributed by atoms with Crippen LogP contribution >= 0.6 is 0 Å². The summed E-state index contributed by atoms with van der Waals surface area (Å²) >= 11 is 0. The fraction of sp³-hybridized carbons (Fsp3) is 0.500. The number of aryl methyl sites for hydroxylation is 1. The molecular weight excluding hydrogens is 178 g/mol. The van der Waals surface area contributed by atoms with Crippen molar-refractivity contribution >= 4 is 5.69 Å². The number of pyridine rings is 1. The minimum atomic E-state index is -0.101. The van der Waals surface area contributed by atoms with Gasteiger partial charge in [-0.1, -0.05) is 13.8 Å². The van der Waals surface area contributed by atoms with Crippen LogP contribution in [0.25, 0.3) is 0 Å². The summed E-state index contributed by atoms with van der Waals surface area (Å²) in [6, 6.07) is 2.12. The lowest BCUT2D eigenvalue weighted by atomic mass is 10.2. The predicted octanol–water partition coefficient (Wildman–Crippen LogP) is 0.764. The van der Waals surface area contributed by atoms with E-state index in [0.717, 1.165) is 5.69 Å². The predicted molar refractivity (Wildman–Crippen MR) is 58.2 cm³/mol. The van der Waals surface area contributed by atoms with Crippen molar-refractivity contribution in [1.29, 1.82) is 0 Å². The van der Waals surface area contributed by atoms with Crippen molar-refractivity contribution in [3.05, 3.63) is 27.7 Å². The topological polar surface area (TPSA) is 70.9 Å². The Balaban J connectivity index is 2.92. The van der Waals surface area contributed by atoms with Crippen molar-refractivity contribution in [2.24, 2.45) is 0 Å². The fourth-order valence-corrected chi connectivity index (χ4v) is 1.23. The van der Waals surface area contributed by atoms with Gasteiger partial charge in [0.15, 0.2) is 0 Å². The summed E-state index contributed by atoms with van der Waals surface area (Å²) in [5, 5.41) is 3.16. The van der Waals surface area contributed by atoms with E-state index in [0.29, 0.717) is 23.8 Å². The van der Waals surface area contributed by atoms with Crippen molar-refractivity contribution < 1.29 is 0 Å². The van der Waals surface area contributed by atoms with E-state index in [2.05, 4.69) is 10.3 Å². The molecule has 4 nitrogen and oxygen atoms in total. The molecule has 1 aromatic heterocycles. The second-order valence-electron chi connectivity index (χ2n) is 3.75. The number of aromatic amines is 1. The molecule has 4 N–H and O–H groups in total. The Hall–Kier alpha value is -1.29. The van der Waals surface area contributed by atoms with Gasteiger partial charge in [0.2, 0.25) is 0 Å². The first kappa shape index (κ1) is 10.8. The van der Waals surface area contributed by atoms with Gasteiger partial charge in [-0.05, 0) is 13.0 Å². The number of anilines is 1. The first-order valence-electron chi connectivity index (χ1n) is 4.72. The number of nitrogen functional groups attached to an aromatic ring is 1. The van der Waals surface area contributed by atoms with Gasteiger partial charge in [-0.2, -0.15) is 0 Å². The Morgan fingerprint density at radius 2 is 2.21 bits per heavy atom. The third kappa shape index (κ3) is 2.60. The number of H-pyrrole nitrogens is 1. The summed E-state index contributed by atoms with van der Waals surface area (Å²) in [5.41, 5.74) is 7.61. The molecule has 0 aromatic carbocycles. The van der Waals surface area contributed by atoms with Gasteiger partial charge in [-0.25, -0.2) is 0 Å². The van der Waals surface area contributed by atoms with Gasteiger partial charge in [-0.3, -0.25) is 4.79 Å². The summed E-state index contributed by atoms with van der Waals surface area (Å²) in [6.45, 7) is 6.38. The number of nitrogens with two attached hydrogens (primary N) is 1. The zero-order valence-corrected chi connectivity index (χ0v) is 8.85. The average Bonchev–Trinajstić information content (AvgIpc) is 2.01. The molecule has 0 saturated carbocycles. The molecule has 0 unspecified atom stereocenters. The second-order valence-corrected chi connectivity index (χ2v) is 3.75. The van der Waals surface area contributed by atoms with Crippen LogP contribution in [0.4, 0.5) is 5.69 Å². The van der Waals surface area contributed by atoms with E-state index in [9.17, 15) is 4.79 Å². The molecule has 4 heteroatoms. The van der Waals surface area contributed by atoms with Gasteiger partial charge in [0, 0.05) is 24.0 Å². The van der Waals surface area contributed by atoms with Gasteiger partial charge >= 0.3 is 0 Å². The number of hydrogen-bond donors (Lipinski definition) is 3.